The second kappa shape index (κ2) is 6.90. The summed E-state index contributed by atoms with van der Waals surface area (Å²) < 4.78 is 0. The molecule has 0 amide bonds. The van der Waals surface area contributed by atoms with Gasteiger partial charge in [0.25, 0.3) is 5.56 Å². The SMILES string of the molecule is O=c1[nH]c(CN2CCc3sccc3[C@H]2C2CC2)nc2scc(-c3ccccc3)c12. The number of benzene rings is 1. The molecule has 6 heteroatoms. The molecule has 4 aromatic rings. The van der Waals surface area contributed by atoms with Gasteiger partial charge in [0.05, 0.1) is 11.9 Å². The minimum absolute atomic E-state index is 0.0266. The van der Waals surface area contributed by atoms with Crippen LogP contribution in [0.15, 0.2) is 52.0 Å². The Balaban J connectivity index is 1.35. The molecule has 1 atom stereocenters. The smallest absolute Gasteiger partial charge is 0.260 e. The molecular formula is C23H21N3OS2. The zero-order valence-electron chi connectivity index (χ0n) is 15.9. The summed E-state index contributed by atoms with van der Waals surface area (Å²) in [5.41, 5.74) is 3.52. The topological polar surface area (TPSA) is 49.0 Å². The number of nitrogens with zero attached hydrogens (tertiary/aromatic N) is 2. The zero-order valence-corrected chi connectivity index (χ0v) is 17.6. The zero-order chi connectivity index (χ0) is 19.4. The standard InChI is InChI=1S/C23H21N3OS2/c27-22-20-17(14-4-2-1-3-5-14)13-29-23(20)25-19(24-22)12-26-10-8-18-16(9-11-28-18)21(26)15-6-7-15/h1-5,9,11,13,15,21H,6-8,10,12H2,(H,24,25,27)/t21-/m1/s1. The number of hydrogen-bond acceptors (Lipinski definition) is 5. The second-order valence-electron chi connectivity index (χ2n) is 8.01. The molecule has 0 unspecified atom stereocenters. The van der Waals surface area contributed by atoms with Gasteiger partial charge in [0.2, 0.25) is 0 Å². The molecule has 1 aliphatic heterocycles. The van der Waals surface area contributed by atoms with Crippen LogP contribution in [0.5, 0.6) is 0 Å². The monoisotopic (exact) mass is 419 g/mol. The first-order chi connectivity index (χ1) is 14.3. The predicted octanol–water partition coefficient (Wildman–Crippen LogP) is 5.22. The van der Waals surface area contributed by atoms with Crippen LogP contribution in [0.4, 0.5) is 0 Å². The van der Waals surface area contributed by atoms with Crippen molar-refractivity contribution < 1.29 is 0 Å². The number of hydrogen-bond donors (Lipinski definition) is 1. The van der Waals surface area contributed by atoms with Gasteiger partial charge >= 0.3 is 0 Å². The summed E-state index contributed by atoms with van der Waals surface area (Å²) in [6.07, 6.45) is 3.72. The first-order valence-electron chi connectivity index (χ1n) is 10.1. The highest BCUT2D eigenvalue weighted by Gasteiger charge is 2.40. The van der Waals surface area contributed by atoms with Crippen LogP contribution in [-0.4, -0.2) is 21.4 Å². The summed E-state index contributed by atoms with van der Waals surface area (Å²) in [4.78, 5) is 25.8. The lowest BCUT2D eigenvalue weighted by Crippen LogP contribution is -2.36. The lowest BCUT2D eigenvalue weighted by atomic mass is 9.96. The van der Waals surface area contributed by atoms with E-state index < -0.39 is 0 Å². The Hall–Kier alpha value is -2.28. The van der Waals surface area contributed by atoms with Crippen LogP contribution in [-0.2, 0) is 13.0 Å². The molecule has 0 bridgehead atoms. The maximum Gasteiger partial charge on any atom is 0.260 e. The molecule has 6 rings (SSSR count). The summed E-state index contributed by atoms with van der Waals surface area (Å²) in [6, 6.07) is 12.9. The predicted molar refractivity (Wildman–Crippen MR) is 120 cm³/mol. The third-order valence-electron chi connectivity index (χ3n) is 6.12. The molecule has 1 saturated carbocycles. The Kier molecular flexibility index (Phi) is 4.18. The largest absolute Gasteiger partial charge is 0.309 e. The van der Waals surface area contributed by atoms with E-state index >= 15 is 0 Å². The molecule has 1 aromatic carbocycles. The van der Waals surface area contributed by atoms with Crippen molar-refractivity contribution in [1.82, 2.24) is 14.9 Å². The van der Waals surface area contributed by atoms with Gasteiger partial charge in [-0.05, 0) is 47.8 Å². The maximum absolute atomic E-state index is 13.0. The summed E-state index contributed by atoms with van der Waals surface area (Å²) >= 11 is 3.45. The van der Waals surface area contributed by atoms with E-state index in [1.54, 1.807) is 16.2 Å². The van der Waals surface area contributed by atoms with Gasteiger partial charge in [-0.2, -0.15) is 0 Å². The fourth-order valence-electron chi connectivity index (χ4n) is 4.63. The highest BCUT2D eigenvalue weighted by molar-refractivity contribution is 7.17. The van der Waals surface area contributed by atoms with Crippen LogP contribution in [0.2, 0.25) is 0 Å². The highest BCUT2D eigenvalue weighted by atomic mass is 32.1. The third kappa shape index (κ3) is 3.06. The Morgan fingerprint density at radius 1 is 1.14 bits per heavy atom. The lowest BCUT2D eigenvalue weighted by molar-refractivity contribution is 0.154. The van der Waals surface area contributed by atoms with Crippen LogP contribution in [0, 0.1) is 5.92 Å². The van der Waals surface area contributed by atoms with Gasteiger partial charge in [-0.3, -0.25) is 9.69 Å². The summed E-state index contributed by atoms with van der Waals surface area (Å²) in [5, 5.41) is 4.99. The number of fused-ring (bicyclic) bond motifs is 2. The number of aromatic amines is 1. The molecule has 4 nitrogen and oxygen atoms in total. The fraction of sp³-hybridized carbons (Fsp3) is 0.304. The minimum Gasteiger partial charge on any atom is -0.309 e. The first-order valence-corrected chi connectivity index (χ1v) is 11.9. The molecule has 1 fully saturated rings. The number of H-pyrrole nitrogens is 1. The van der Waals surface area contributed by atoms with Gasteiger partial charge in [-0.25, -0.2) is 4.98 Å². The van der Waals surface area contributed by atoms with E-state index in [2.05, 4.69) is 26.7 Å². The van der Waals surface area contributed by atoms with E-state index in [9.17, 15) is 4.79 Å². The molecule has 3 aromatic heterocycles. The summed E-state index contributed by atoms with van der Waals surface area (Å²) in [5.74, 6) is 1.54. The van der Waals surface area contributed by atoms with Crippen molar-refractivity contribution in [3.8, 4) is 11.1 Å². The van der Waals surface area contributed by atoms with Gasteiger partial charge in [-0.1, -0.05) is 30.3 Å². The van der Waals surface area contributed by atoms with E-state index in [0.717, 1.165) is 40.7 Å². The summed E-state index contributed by atoms with van der Waals surface area (Å²) in [7, 11) is 0. The van der Waals surface area contributed by atoms with Gasteiger partial charge in [0, 0.05) is 28.4 Å². The normalized spacial score (nSPS) is 19.5. The molecular weight excluding hydrogens is 398 g/mol. The number of nitrogens with one attached hydrogen (secondary N) is 1. The minimum atomic E-state index is -0.0266. The average Bonchev–Trinajstić information content (AvgIpc) is 3.29. The molecule has 4 heterocycles. The van der Waals surface area contributed by atoms with Crippen molar-refractivity contribution in [2.45, 2.75) is 31.8 Å². The van der Waals surface area contributed by atoms with Crippen LogP contribution in [0.25, 0.3) is 21.3 Å². The van der Waals surface area contributed by atoms with Crippen molar-refractivity contribution in [2.75, 3.05) is 6.54 Å². The second-order valence-corrected chi connectivity index (χ2v) is 9.87. The Morgan fingerprint density at radius 3 is 2.83 bits per heavy atom. The van der Waals surface area contributed by atoms with E-state index in [1.165, 1.54) is 18.4 Å². The molecule has 1 N–H and O–H groups in total. The fourth-order valence-corrected chi connectivity index (χ4v) is 6.51. The Labute approximate surface area is 176 Å². The van der Waals surface area contributed by atoms with Gasteiger partial charge < -0.3 is 4.98 Å². The molecule has 0 radical (unpaired) electrons. The lowest BCUT2D eigenvalue weighted by Gasteiger charge is -2.35. The average molecular weight is 420 g/mol. The van der Waals surface area contributed by atoms with Crippen molar-refractivity contribution >= 4 is 32.9 Å². The van der Waals surface area contributed by atoms with Crippen molar-refractivity contribution in [1.29, 1.82) is 0 Å². The third-order valence-corrected chi connectivity index (χ3v) is 7.99. The maximum atomic E-state index is 13.0. The molecule has 1 aliphatic carbocycles. The van der Waals surface area contributed by atoms with Crippen LogP contribution in [0.3, 0.4) is 0 Å². The first kappa shape index (κ1) is 17.6. The van der Waals surface area contributed by atoms with E-state index in [4.69, 9.17) is 4.98 Å². The van der Waals surface area contributed by atoms with E-state index in [0.29, 0.717) is 18.0 Å². The number of rotatable bonds is 4. The van der Waals surface area contributed by atoms with Gasteiger partial charge in [-0.15, -0.1) is 22.7 Å². The molecule has 29 heavy (non-hydrogen) atoms. The van der Waals surface area contributed by atoms with Gasteiger partial charge in [0.15, 0.2) is 0 Å². The van der Waals surface area contributed by atoms with E-state index in [-0.39, 0.29) is 5.56 Å². The van der Waals surface area contributed by atoms with Crippen LogP contribution in [0.1, 0.15) is 35.1 Å². The quantitative estimate of drug-likeness (QED) is 0.493. The van der Waals surface area contributed by atoms with Gasteiger partial charge in [0.1, 0.15) is 10.7 Å². The highest BCUT2D eigenvalue weighted by Crippen LogP contribution is 2.48. The van der Waals surface area contributed by atoms with Crippen molar-refractivity contribution in [3.05, 3.63) is 73.8 Å². The Morgan fingerprint density at radius 2 is 2.00 bits per heavy atom. The molecule has 0 saturated heterocycles. The summed E-state index contributed by atoms with van der Waals surface area (Å²) in [6.45, 7) is 1.75. The van der Waals surface area contributed by atoms with Crippen LogP contribution < -0.4 is 5.56 Å². The van der Waals surface area contributed by atoms with Crippen molar-refractivity contribution in [3.63, 3.8) is 0 Å². The number of thiophene rings is 2. The number of aromatic nitrogens is 2. The molecule has 2 aliphatic rings. The van der Waals surface area contributed by atoms with Crippen LogP contribution >= 0.6 is 22.7 Å². The molecule has 146 valence electrons. The Bertz CT molecular complexity index is 1240. The molecule has 0 spiro atoms. The van der Waals surface area contributed by atoms with E-state index in [1.807, 2.05) is 41.7 Å². The van der Waals surface area contributed by atoms with Crippen molar-refractivity contribution in [2.24, 2.45) is 5.92 Å².